The molecule has 8 heteroatoms. The highest BCUT2D eigenvalue weighted by Crippen LogP contribution is 2.31. The van der Waals surface area contributed by atoms with Crippen LogP contribution in [0.5, 0.6) is 5.75 Å². The van der Waals surface area contributed by atoms with Crippen LogP contribution in [0, 0.1) is 5.82 Å². The molecular formula is C32H32FN5O2. The standard InChI is InChI=1S/C32H32FN5O2/c1-35-15-16-40-28-8-4-7-25(19-28)31-20-26-18-27(33)9-10-30(26)38(31)14-13-37(32(39)29-11-12-36(2)34-29)22-24-6-3-5-23(17-24)21-35/h3-12,17-20H,13-16,21-22H2,1-2H3. The quantitative estimate of drug-likeness (QED) is 0.289. The van der Waals surface area contributed by atoms with Crippen LogP contribution in [0.15, 0.2) is 85.1 Å². The Morgan fingerprint density at radius 2 is 1.70 bits per heavy atom. The molecule has 5 aromatic rings. The molecule has 204 valence electrons. The van der Waals surface area contributed by atoms with Gasteiger partial charge in [0, 0.05) is 68.1 Å². The molecule has 7 nitrogen and oxygen atoms in total. The van der Waals surface area contributed by atoms with E-state index in [9.17, 15) is 9.18 Å². The number of likely N-dealkylation sites (N-methyl/N-ethyl adjacent to an activating group) is 1. The summed E-state index contributed by atoms with van der Waals surface area (Å²) in [7, 11) is 3.89. The molecule has 0 unspecified atom stereocenters. The number of nitrogens with zero attached hydrogens (tertiary/aromatic N) is 5. The van der Waals surface area contributed by atoms with Crippen molar-refractivity contribution in [3.05, 3.63) is 108 Å². The third-order valence-electron chi connectivity index (χ3n) is 7.37. The number of carbonyl (C=O) groups is 1. The minimum atomic E-state index is -0.279. The highest BCUT2D eigenvalue weighted by molar-refractivity contribution is 5.92. The van der Waals surface area contributed by atoms with E-state index >= 15 is 0 Å². The molecule has 6 rings (SSSR count). The highest BCUT2D eigenvalue weighted by atomic mass is 19.1. The smallest absolute Gasteiger partial charge is 0.274 e. The average molecular weight is 538 g/mol. The molecule has 4 bridgehead atoms. The summed E-state index contributed by atoms with van der Waals surface area (Å²) in [5, 5.41) is 5.20. The van der Waals surface area contributed by atoms with Crippen LogP contribution in [-0.2, 0) is 26.7 Å². The van der Waals surface area contributed by atoms with Crippen LogP contribution in [0.2, 0.25) is 0 Å². The third-order valence-corrected chi connectivity index (χ3v) is 7.37. The Labute approximate surface area is 233 Å². The number of hydrogen-bond acceptors (Lipinski definition) is 4. The SMILES string of the molecule is CN1CCOc2cccc(c2)-c2cc3cc(F)ccc3n2CCN(C(=O)c2ccn(C)n2)Cc2cccc(c2)C1. The Balaban J connectivity index is 1.44. The monoisotopic (exact) mass is 537 g/mol. The fourth-order valence-electron chi connectivity index (χ4n) is 5.39. The average Bonchev–Trinajstić information content (AvgIpc) is 3.53. The Hall–Kier alpha value is -4.43. The first-order chi connectivity index (χ1) is 19.4. The van der Waals surface area contributed by atoms with E-state index in [0.29, 0.717) is 31.9 Å². The molecule has 1 amide bonds. The molecule has 40 heavy (non-hydrogen) atoms. The molecule has 3 heterocycles. The summed E-state index contributed by atoms with van der Waals surface area (Å²) in [6.07, 6.45) is 1.78. The second kappa shape index (κ2) is 11.0. The van der Waals surface area contributed by atoms with Crippen molar-refractivity contribution in [1.29, 1.82) is 0 Å². The van der Waals surface area contributed by atoms with E-state index in [4.69, 9.17) is 4.74 Å². The maximum Gasteiger partial charge on any atom is 0.274 e. The second-order valence-corrected chi connectivity index (χ2v) is 10.4. The number of aryl methyl sites for hydroxylation is 1. The lowest BCUT2D eigenvalue weighted by molar-refractivity contribution is 0.0731. The lowest BCUT2D eigenvalue weighted by Gasteiger charge is -2.24. The number of aromatic nitrogens is 3. The van der Waals surface area contributed by atoms with E-state index in [-0.39, 0.29) is 11.7 Å². The van der Waals surface area contributed by atoms with Crippen molar-refractivity contribution < 1.29 is 13.9 Å². The third kappa shape index (κ3) is 5.49. The first-order valence-electron chi connectivity index (χ1n) is 13.5. The van der Waals surface area contributed by atoms with Gasteiger partial charge in [-0.1, -0.05) is 36.4 Å². The number of rotatable bonds is 1. The fraction of sp³-hybridized carbons (Fsp3) is 0.250. The first kappa shape index (κ1) is 25.8. The van der Waals surface area contributed by atoms with E-state index in [2.05, 4.69) is 39.8 Å². The van der Waals surface area contributed by atoms with Crippen molar-refractivity contribution in [2.24, 2.45) is 7.05 Å². The minimum absolute atomic E-state index is 0.125. The van der Waals surface area contributed by atoms with Gasteiger partial charge in [0.15, 0.2) is 0 Å². The number of carbonyl (C=O) groups excluding carboxylic acids is 1. The summed E-state index contributed by atoms with van der Waals surface area (Å²) in [5.41, 5.74) is 5.48. The summed E-state index contributed by atoms with van der Waals surface area (Å²) >= 11 is 0. The van der Waals surface area contributed by atoms with E-state index in [1.165, 1.54) is 11.6 Å². The molecule has 0 saturated heterocycles. The van der Waals surface area contributed by atoms with Gasteiger partial charge in [-0.3, -0.25) is 14.4 Å². The van der Waals surface area contributed by atoms with Crippen molar-refractivity contribution >= 4 is 16.8 Å². The molecule has 2 aromatic heterocycles. The van der Waals surface area contributed by atoms with Gasteiger partial charge in [0.25, 0.3) is 5.91 Å². The maximum atomic E-state index is 14.2. The molecule has 1 aliphatic heterocycles. The van der Waals surface area contributed by atoms with Gasteiger partial charge in [-0.25, -0.2) is 4.39 Å². The molecule has 0 spiro atoms. The number of fused-ring (bicyclic) bond motifs is 8. The first-order valence-corrected chi connectivity index (χ1v) is 13.5. The van der Waals surface area contributed by atoms with Crippen LogP contribution in [-0.4, -0.2) is 56.8 Å². The lowest BCUT2D eigenvalue weighted by Crippen LogP contribution is -2.34. The second-order valence-electron chi connectivity index (χ2n) is 10.4. The Bertz CT molecular complexity index is 1670. The van der Waals surface area contributed by atoms with Crippen LogP contribution in [0.4, 0.5) is 4.39 Å². The number of benzene rings is 3. The van der Waals surface area contributed by atoms with Crippen molar-refractivity contribution in [3.8, 4) is 17.0 Å². The van der Waals surface area contributed by atoms with Crippen molar-refractivity contribution in [1.82, 2.24) is 24.1 Å². The van der Waals surface area contributed by atoms with Crippen LogP contribution < -0.4 is 4.74 Å². The van der Waals surface area contributed by atoms with Crippen LogP contribution in [0.25, 0.3) is 22.2 Å². The molecule has 0 fully saturated rings. The van der Waals surface area contributed by atoms with Gasteiger partial charge in [-0.15, -0.1) is 0 Å². The van der Waals surface area contributed by atoms with E-state index < -0.39 is 0 Å². The zero-order valence-corrected chi connectivity index (χ0v) is 22.8. The molecule has 3 aromatic carbocycles. The van der Waals surface area contributed by atoms with Gasteiger partial charge >= 0.3 is 0 Å². The van der Waals surface area contributed by atoms with Crippen LogP contribution >= 0.6 is 0 Å². The summed E-state index contributed by atoms with van der Waals surface area (Å²) in [6.45, 7) is 3.52. The summed E-state index contributed by atoms with van der Waals surface area (Å²) < 4.78 is 24.1. The molecule has 0 aliphatic carbocycles. The summed E-state index contributed by atoms with van der Waals surface area (Å²) in [6, 6.07) is 25.0. The Kier molecular flexibility index (Phi) is 7.09. The number of halogens is 1. The Morgan fingerprint density at radius 3 is 2.52 bits per heavy atom. The molecule has 0 saturated carbocycles. The molecule has 0 atom stereocenters. The maximum absolute atomic E-state index is 14.2. The van der Waals surface area contributed by atoms with E-state index in [0.717, 1.165) is 46.6 Å². The summed E-state index contributed by atoms with van der Waals surface area (Å²) in [5.74, 6) is 0.381. The van der Waals surface area contributed by atoms with Crippen molar-refractivity contribution in [2.45, 2.75) is 19.6 Å². The number of ether oxygens (including phenoxy) is 1. The van der Waals surface area contributed by atoms with E-state index in [1.807, 2.05) is 48.3 Å². The predicted octanol–water partition coefficient (Wildman–Crippen LogP) is 5.35. The Morgan fingerprint density at radius 1 is 0.875 bits per heavy atom. The molecular weight excluding hydrogens is 505 g/mol. The van der Waals surface area contributed by atoms with Crippen molar-refractivity contribution in [3.63, 3.8) is 0 Å². The van der Waals surface area contributed by atoms with Gasteiger partial charge < -0.3 is 14.2 Å². The van der Waals surface area contributed by atoms with E-state index in [1.54, 1.807) is 29.1 Å². The molecule has 0 radical (unpaired) electrons. The largest absolute Gasteiger partial charge is 0.492 e. The van der Waals surface area contributed by atoms with Crippen molar-refractivity contribution in [2.75, 3.05) is 26.7 Å². The molecule has 0 N–H and O–H groups in total. The lowest BCUT2D eigenvalue weighted by atomic mass is 10.1. The number of hydrogen-bond donors (Lipinski definition) is 0. The predicted molar refractivity (Wildman–Crippen MR) is 154 cm³/mol. The van der Waals surface area contributed by atoms with Crippen LogP contribution in [0.1, 0.15) is 21.6 Å². The normalized spacial score (nSPS) is 14.9. The number of amides is 1. The van der Waals surface area contributed by atoms with Gasteiger partial charge in [0.1, 0.15) is 23.9 Å². The van der Waals surface area contributed by atoms with Crippen LogP contribution in [0.3, 0.4) is 0 Å². The zero-order chi connectivity index (χ0) is 27.6. The zero-order valence-electron chi connectivity index (χ0n) is 22.8. The summed E-state index contributed by atoms with van der Waals surface area (Å²) in [4.78, 5) is 17.8. The van der Waals surface area contributed by atoms with Gasteiger partial charge in [0.2, 0.25) is 0 Å². The van der Waals surface area contributed by atoms with Gasteiger partial charge in [-0.05, 0) is 60.6 Å². The topological polar surface area (TPSA) is 55.5 Å². The van der Waals surface area contributed by atoms with Gasteiger partial charge in [-0.2, -0.15) is 5.10 Å². The fourth-order valence-corrected chi connectivity index (χ4v) is 5.39. The van der Waals surface area contributed by atoms with Gasteiger partial charge in [0.05, 0.1) is 0 Å². The molecule has 1 aliphatic rings. The minimum Gasteiger partial charge on any atom is -0.492 e. The highest BCUT2D eigenvalue weighted by Gasteiger charge is 2.21.